The molecule has 0 aliphatic carbocycles. The van der Waals surface area contributed by atoms with Crippen LogP contribution in [0.25, 0.3) is 0 Å². The summed E-state index contributed by atoms with van der Waals surface area (Å²) in [6.07, 6.45) is -8.43. The molecule has 0 spiro atoms. The van der Waals surface area contributed by atoms with Crippen molar-refractivity contribution < 1.29 is 32.0 Å². The van der Waals surface area contributed by atoms with Crippen LogP contribution in [0.3, 0.4) is 0 Å². The highest BCUT2D eigenvalue weighted by molar-refractivity contribution is 5.37. The number of aliphatic hydroxyl groups excluding tert-OH is 1. The van der Waals surface area contributed by atoms with Gasteiger partial charge < -0.3 is 5.11 Å². The minimum Gasteiger partial charge on any atom is -0.379 e. The summed E-state index contributed by atoms with van der Waals surface area (Å²) in [5.74, 6) is -3.36. The Kier molecular flexibility index (Phi) is 3.32. The third-order valence-corrected chi connectivity index (χ3v) is 1.87. The van der Waals surface area contributed by atoms with Gasteiger partial charge in [0, 0.05) is 5.56 Å². The maximum atomic E-state index is 13.0. The van der Waals surface area contributed by atoms with E-state index in [-0.39, 0.29) is 12.1 Å². The quantitative estimate of drug-likeness (QED) is 0.503. The van der Waals surface area contributed by atoms with Crippen molar-refractivity contribution in [2.45, 2.75) is 12.3 Å². The van der Waals surface area contributed by atoms with Gasteiger partial charge in [0.05, 0.1) is 11.0 Å². The molecule has 1 N–H and O–H groups in total. The first kappa shape index (κ1) is 13.3. The van der Waals surface area contributed by atoms with Gasteiger partial charge in [-0.2, -0.15) is 17.6 Å². The van der Waals surface area contributed by atoms with Gasteiger partial charge in [-0.3, -0.25) is 10.1 Å². The highest BCUT2D eigenvalue weighted by Crippen LogP contribution is 2.35. The monoisotopic (exact) mass is 257 g/mol. The van der Waals surface area contributed by atoms with Gasteiger partial charge in [0.25, 0.3) is 0 Å². The van der Waals surface area contributed by atoms with Gasteiger partial charge >= 0.3 is 11.9 Å². The highest BCUT2D eigenvalue weighted by atomic mass is 19.4. The Balaban J connectivity index is 3.30. The van der Waals surface area contributed by atoms with Crippen LogP contribution in [0.15, 0.2) is 12.1 Å². The van der Waals surface area contributed by atoms with Crippen LogP contribution < -0.4 is 0 Å². The number of hydrogen-bond acceptors (Lipinski definition) is 3. The van der Waals surface area contributed by atoms with Gasteiger partial charge in [0.2, 0.25) is 5.82 Å². The average molecular weight is 257 g/mol. The SMILES string of the molecule is O=[N+]([O-])c1cc(F)c([C@H](O)C(F)(F)F)cc1F. The zero-order chi connectivity index (χ0) is 13.4. The number of alkyl halides is 3. The Bertz CT molecular complexity index is 459. The number of benzene rings is 1. The first-order chi connectivity index (χ1) is 7.64. The normalized spacial score (nSPS) is 13.5. The summed E-state index contributed by atoms with van der Waals surface area (Å²) in [7, 11) is 0. The van der Waals surface area contributed by atoms with E-state index in [4.69, 9.17) is 5.11 Å². The molecule has 1 atom stereocenters. The Morgan fingerprint density at radius 3 is 2.18 bits per heavy atom. The van der Waals surface area contributed by atoms with E-state index in [1.807, 2.05) is 0 Å². The molecule has 0 aliphatic heterocycles. The van der Waals surface area contributed by atoms with Crippen LogP contribution in [0.2, 0.25) is 0 Å². The molecule has 0 saturated heterocycles. The fourth-order valence-corrected chi connectivity index (χ4v) is 1.08. The van der Waals surface area contributed by atoms with E-state index < -0.39 is 40.1 Å². The second-order valence-corrected chi connectivity index (χ2v) is 3.03. The number of halogens is 5. The average Bonchev–Trinajstić information content (AvgIpc) is 2.18. The molecule has 0 radical (unpaired) electrons. The van der Waals surface area contributed by atoms with Crippen molar-refractivity contribution in [3.05, 3.63) is 39.4 Å². The first-order valence-corrected chi connectivity index (χ1v) is 4.02. The van der Waals surface area contributed by atoms with E-state index in [0.717, 1.165) is 0 Å². The van der Waals surface area contributed by atoms with Crippen molar-refractivity contribution in [2.24, 2.45) is 0 Å². The molecule has 0 saturated carbocycles. The molecule has 0 unspecified atom stereocenters. The fourth-order valence-electron chi connectivity index (χ4n) is 1.08. The number of hydrogen-bond donors (Lipinski definition) is 1. The molecule has 0 amide bonds. The highest BCUT2D eigenvalue weighted by Gasteiger charge is 2.41. The second-order valence-electron chi connectivity index (χ2n) is 3.03. The molecule has 1 aromatic carbocycles. The van der Waals surface area contributed by atoms with Gasteiger partial charge in [-0.25, -0.2) is 4.39 Å². The Labute approximate surface area is 90.4 Å². The molecule has 17 heavy (non-hydrogen) atoms. The van der Waals surface area contributed by atoms with Crippen LogP contribution in [0.1, 0.15) is 11.7 Å². The predicted molar refractivity (Wildman–Crippen MR) is 44.0 cm³/mol. The van der Waals surface area contributed by atoms with Crippen LogP contribution in [0, 0.1) is 21.7 Å². The van der Waals surface area contributed by atoms with Gasteiger partial charge in [-0.1, -0.05) is 0 Å². The van der Waals surface area contributed by atoms with Crippen molar-refractivity contribution in [2.75, 3.05) is 0 Å². The van der Waals surface area contributed by atoms with E-state index in [1.165, 1.54) is 0 Å². The largest absolute Gasteiger partial charge is 0.418 e. The van der Waals surface area contributed by atoms with Crippen LogP contribution in [0.4, 0.5) is 27.6 Å². The van der Waals surface area contributed by atoms with Crippen molar-refractivity contribution in [1.82, 2.24) is 0 Å². The molecule has 0 fully saturated rings. The molecule has 94 valence electrons. The summed E-state index contributed by atoms with van der Waals surface area (Å²) in [5, 5.41) is 18.9. The minimum atomic E-state index is -5.19. The summed E-state index contributed by atoms with van der Waals surface area (Å²) in [5.41, 5.74) is -2.71. The third-order valence-electron chi connectivity index (χ3n) is 1.87. The lowest BCUT2D eigenvalue weighted by Crippen LogP contribution is -2.21. The van der Waals surface area contributed by atoms with E-state index in [9.17, 15) is 32.1 Å². The Hall–Kier alpha value is -1.77. The third kappa shape index (κ3) is 2.67. The molecule has 0 aliphatic rings. The molecule has 0 aromatic heterocycles. The van der Waals surface area contributed by atoms with Crippen LogP contribution >= 0.6 is 0 Å². The zero-order valence-electron chi connectivity index (χ0n) is 7.83. The Morgan fingerprint density at radius 2 is 1.76 bits per heavy atom. The lowest BCUT2D eigenvalue weighted by molar-refractivity contribution is -0.387. The number of nitrogens with zero attached hydrogens (tertiary/aromatic N) is 1. The van der Waals surface area contributed by atoms with Crippen molar-refractivity contribution in [3.8, 4) is 0 Å². The summed E-state index contributed by atoms with van der Waals surface area (Å²) in [6, 6.07) is -0.0642. The predicted octanol–water partition coefficient (Wildman–Crippen LogP) is 2.47. The van der Waals surface area contributed by atoms with Crippen molar-refractivity contribution in [1.29, 1.82) is 0 Å². The fraction of sp³-hybridized carbons (Fsp3) is 0.250. The molecule has 0 bridgehead atoms. The molecule has 0 heterocycles. The standard InChI is InChI=1S/C8H4F5NO3/c9-4-2-6(14(16)17)5(10)1-3(4)7(15)8(11,12)13/h1-2,7,15H/t7-/m0/s1. The number of nitro benzene ring substituents is 1. The summed E-state index contributed by atoms with van der Waals surface area (Å²) >= 11 is 0. The molecular formula is C8H4F5NO3. The maximum Gasteiger partial charge on any atom is 0.418 e. The van der Waals surface area contributed by atoms with E-state index in [2.05, 4.69) is 0 Å². The van der Waals surface area contributed by atoms with Crippen LogP contribution in [-0.2, 0) is 0 Å². The topological polar surface area (TPSA) is 63.4 Å². The molecule has 9 heteroatoms. The molecular weight excluding hydrogens is 253 g/mol. The number of aliphatic hydroxyl groups is 1. The molecule has 4 nitrogen and oxygen atoms in total. The van der Waals surface area contributed by atoms with Crippen LogP contribution in [-0.4, -0.2) is 16.2 Å². The van der Waals surface area contributed by atoms with Gasteiger partial charge in [0.15, 0.2) is 6.10 Å². The maximum absolute atomic E-state index is 13.0. The molecule has 1 aromatic rings. The van der Waals surface area contributed by atoms with E-state index in [1.54, 1.807) is 0 Å². The lowest BCUT2D eigenvalue weighted by Gasteiger charge is -2.15. The summed E-state index contributed by atoms with van der Waals surface area (Å²) in [4.78, 5) is 8.88. The van der Waals surface area contributed by atoms with E-state index in [0.29, 0.717) is 0 Å². The smallest absolute Gasteiger partial charge is 0.379 e. The summed E-state index contributed by atoms with van der Waals surface area (Å²) in [6.45, 7) is 0. The van der Waals surface area contributed by atoms with Crippen molar-refractivity contribution in [3.63, 3.8) is 0 Å². The number of nitro groups is 1. The summed E-state index contributed by atoms with van der Waals surface area (Å²) < 4.78 is 62.1. The van der Waals surface area contributed by atoms with Gasteiger partial charge in [-0.05, 0) is 6.07 Å². The number of rotatable bonds is 2. The second kappa shape index (κ2) is 4.24. The van der Waals surface area contributed by atoms with Gasteiger partial charge in [0.1, 0.15) is 5.82 Å². The van der Waals surface area contributed by atoms with Crippen molar-refractivity contribution >= 4 is 5.69 Å². The Morgan fingerprint density at radius 1 is 1.24 bits per heavy atom. The van der Waals surface area contributed by atoms with Crippen LogP contribution in [0.5, 0.6) is 0 Å². The first-order valence-electron chi connectivity index (χ1n) is 4.02. The minimum absolute atomic E-state index is 0.0143. The zero-order valence-corrected chi connectivity index (χ0v) is 7.83. The van der Waals surface area contributed by atoms with E-state index >= 15 is 0 Å². The molecule has 1 rings (SSSR count). The lowest BCUT2D eigenvalue weighted by atomic mass is 10.1. The van der Waals surface area contributed by atoms with Gasteiger partial charge in [-0.15, -0.1) is 0 Å².